The van der Waals surface area contributed by atoms with Gasteiger partial charge in [-0.3, -0.25) is 0 Å². The molecular weight excluding hydrogens is 250 g/mol. The van der Waals surface area contributed by atoms with Crippen LogP contribution in [-0.2, 0) is 9.31 Å². The van der Waals surface area contributed by atoms with E-state index in [1.165, 1.54) is 5.47 Å². The number of rotatable bonds is 6. The van der Waals surface area contributed by atoms with E-state index in [0.717, 1.165) is 44.4 Å². The highest BCUT2D eigenvalue weighted by Gasteiger charge is 2.29. The Kier molecular flexibility index (Phi) is 6.85. The van der Waals surface area contributed by atoms with Gasteiger partial charge in [-0.15, -0.1) is 11.6 Å². The fourth-order valence-corrected chi connectivity index (χ4v) is 3.62. The highest BCUT2D eigenvalue weighted by Crippen LogP contribution is 2.22. The molecule has 1 aliphatic heterocycles. The molecule has 17 heavy (non-hydrogen) atoms. The van der Waals surface area contributed by atoms with Crippen molar-refractivity contribution < 1.29 is 9.31 Å². The summed E-state index contributed by atoms with van der Waals surface area (Å²) in [7, 11) is -1.22. The van der Waals surface area contributed by atoms with Crippen molar-refractivity contribution in [3.63, 3.8) is 0 Å². The van der Waals surface area contributed by atoms with E-state index in [2.05, 4.69) is 25.7 Å². The lowest BCUT2D eigenvalue weighted by Crippen LogP contribution is -2.35. The van der Waals surface area contributed by atoms with Crippen LogP contribution in [0.3, 0.4) is 0 Å². The lowest BCUT2D eigenvalue weighted by molar-refractivity contribution is 0.140. The summed E-state index contributed by atoms with van der Waals surface area (Å²) in [6.07, 6.45) is 5.37. The molecule has 1 heterocycles. The van der Waals surface area contributed by atoms with Crippen LogP contribution in [0, 0.1) is 0 Å². The number of allylic oxidation sites excluding steroid dienone is 2. The Morgan fingerprint density at radius 1 is 1.29 bits per heavy atom. The van der Waals surface area contributed by atoms with Crippen LogP contribution in [0.15, 0.2) is 11.5 Å². The Hall–Kier alpha value is 0.232. The SMILES string of the molecule is C[Si](C)(C)C/C(=C/CCCCl)B1OCCCO1. The van der Waals surface area contributed by atoms with E-state index in [-0.39, 0.29) is 7.12 Å². The molecule has 0 amide bonds. The molecule has 0 N–H and O–H groups in total. The van der Waals surface area contributed by atoms with E-state index in [9.17, 15) is 0 Å². The lowest BCUT2D eigenvalue weighted by atomic mass is 9.77. The summed E-state index contributed by atoms with van der Waals surface area (Å²) < 4.78 is 11.4. The number of unbranched alkanes of at least 4 members (excludes halogenated alkanes) is 1. The molecule has 5 heteroatoms. The lowest BCUT2D eigenvalue weighted by Gasteiger charge is -2.26. The standard InChI is InChI=1S/C12H24BClO2Si/c1-17(2,3)11-12(7-4-5-8-14)13-15-9-6-10-16-13/h7H,4-6,8-11H2,1-3H3/b12-7-. The summed E-state index contributed by atoms with van der Waals surface area (Å²) in [5.74, 6) is 0.725. The summed E-state index contributed by atoms with van der Waals surface area (Å²) >= 11 is 5.72. The quantitative estimate of drug-likeness (QED) is 0.417. The van der Waals surface area contributed by atoms with Crippen molar-refractivity contribution in [1.82, 2.24) is 0 Å². The summed E-state index contributed by atoms with van der Waals surface area (Å²) in [5.41, 5.74) is 1.34. The van der Waals surface area contributed by atoms with Crippen molar-refractivity contribution in [2.45, 2.75) is 44.9 Å². The minimum absolute atomic E-state index is 0.0919. The molecule has 1 fully saturated rings. The molecule has 1 rings (SSSR count). The fraction of sp³-hybridized carbons (Fsp3) is 0.833. The van der Waals surface area contributed by atoms with Crippen LogP contribution < -0.4 is 0 Å². The topological polar surface area (TPSA) is 18.5 Å². The van der Waals surface area contributed by atoms with Gasteiger partial charge in [-0.1, -0.05) is 25.7 Å². The molecule has 98 valence electrons. The number of hydrogen-bond donors (Lipinski definition) is 0. The molecule has 0 aromatic heterocycles. The monoisotopic (exact) mass is 274 g/mol. The molecule has 0 radical (unpaired) electrons. The van der Waals surface area contributed by atoms with E-state index in [1.807, 2.05) is 0 Å². The number of alkyl halides is 1. The maximum Gasteiger partial charge on any atom is 0.488 e. The van der Waals surface area contributed by atoms with Gasteiger partial charge in [0.05, 0.1) is 0 Å². The van der Waals surface area contributed by atoms with Crippen LogP contribution in [0.2, 0.25) is 25.7 Å². The van der Waals surface area contributed by atoms with E-state index in [1.54, 1.807) is 0 Å². The summed E-state index contributed by atoms with van der Waals surface area (Å²) in [6, 6.07) is 1.15. The maximum atomic E-state index is 5.72. The zero-order valence-electron chi connectivity index (χ0n) is 11.3. The van der Waals surface area contributed by atoms with Gasteiger partial charge < -0.3 is 9.31 Å². The molecule has 1 aliphatic rings. The first kappa shape index (κ1) is 15.3. The Morgan fingerprint density at radius 3 is 2.47 bits per heavy atom. The third-order valence-corrected chi connectivity index (χ3v) is 4.34. The van der Waals surface area contributed by atoms with Crippen molar-refractivity contribution in [3.05, 3.63) is 11.5 Å². The van der Waals surface area contributed by atoms with Crippen molar-refractivity contribution >= 4 is 26.8 Å². The summed E-state index contributed by atoms with van der Waals surface area (Å²) in [6.45, 7) is 8.79. The van der Waals surface area contributed by atoms with Gasteiger partial charge in [-0.25, -0.2) is 0 Å². The Bertz CT molecular complexity index is 247. The van der Waals surface area contributed by atoms with Gasteiger partial charge in [0.25, 0.3) is 0 Å². The number of hydrogen-bond acceptors (Lipinski definition) is 2. The van der Waals surface area contributed by atoms with E-state index in [4.69, 9.17) is 20.9 Å². The van der Waals surface area contributed by atoms with Gasteiger partial charge in [0.15, 0.2) is 0 Å². The molecule has 0 bridgehead atoms. The van der Waals surface area contributed by atoms with E-state index in [0.29, 0.717) is 0 Å². The third-order valence-electron chi connectivity index (χ3n) is 2.61. The second-order valence-electron chi connectivity index (χ2n) is 5.77. The Balaban J connectivity index is 2.59. The van der Waals surface area contributed by atoms with Gasteiger partial charge in [0, 0.05) is 27.2 Å². The van der Waals surface area contributed by atoms with E-state index >= 15 is 0 Å². The molecule has 0 aliphatic carbocycles. The predicted molar refractivity (Wildman–Crippen MR) is 78.5 cm³/mol. The van der Waals surface area contributed by atoms with Crippen molar-refractivity contribution in [1.29, 1.82) is 0 Å². The van der Waals surface area contributed by atoms with Gasteiger partial charge in [0.2, 0.25) is 0 Å². The number of halogens is 1. The van der Waals surface area contributed by atoms with Crippen molar-refractivity contribution in [3.8, 4) is 0 Å². The summed E-state index contributed by atoms with van der Waals surface area (Å²) in [4.78, 5) is 0. The van der Waals surface area contributed by atoms with Gasteiger partial charge in [-0.05, 0) is 30.8 Å². The minimum Gasteiger partial charge on any atom is -0.407 e. The molecule has 0 atom stereocenters. The molecule has 1 saturated heterocycles. The van der Waals surface area contributed by atoms with Gasteiger partial charge in [0.1, 0.15) is 0 Å². The van der Waals surface area contributed by atoms with Crippen LogP contribution in [0.25, 0.3) is 0 Å². The van der Waals surface area contributed by atoms with Gasteiger partial charge in [-0.2, -0.15) is 0 Å². The molecule has 0 spiro atoms. The van der Waals surface area contributed by atoms with Crippen LogP contribution in [0.5, 0.6) is 0 Å². The second-order valence-corrected chi connectivity index (χ2v) is 11.6. The molecule has 0 unspecified atom stereocenters. The first-order chi connectivity index (χ1) is 8.03. The first-order valence-corrected chi connectivity index (χ1v) is 10.8. The highest BCUT2D eigenvalue weighted by molar-refractivity contribution is 6.78. The fourth-order valence-electron chi connectivity index (χ4n) is 1.93. The Labute approximate surface area is 112 Å². The van der Waals surface area contributed by atoms with Crippen LogP contribution in [-0.4, -0.2) is 34.3 Å². The summed E-state index contributed by atoms with van der Waals surface area (Å²) in [5, 5.41) is 0. The molecule has 2 nitrogen and oxygen atoms in total. The highest BCUT2D eigenvalue weighted by atomic mass is 35.5. The predicted octanol–water partition coefficient (Wildman–Crippen LogP) is 3.73. The largest absolute Gasteiger partial charge is 0.488 e. The molecule has 0 aromatic carbocycles. The first-order valence-electron chi connectivity index (χ1n) is 6.51. The van der Waals surface area contributed by atoms with Crippen molar-refractivity contribution in [2.24, 2.45) is 0 Å². The second kappa shape index (κ2) is 7.62. The average Bonchev–Trinajstić information content (AvgIpc) is 2.28. The third kappa shape index (κ3) is 6.65. The van der Waals surface area contributed by atoms with Crippen LogP contribution in [0.1, 0.15) is 19.3 Å². The van der Waals surface area contributed by atoms with Gasteiger partial charge >= 0.3 is 7.12 Å². The normalized spacial score (nSPS) is 18.6. The smallest absolute Gasteiger partial charge is 0.407 e. The Morgan fingerprint density at radius 2 is 1.94 bits per heavy atom. The molecule has 0 saturated carbocycles. The maximum absolute atomic E-state index is 5.72. The van der Waals surface area contributed by atoms with E-state index < -0.39 is 8.07 Å². The zero-order valence-corrected chi connectivity index (χ0v) is 13.1. The van der Waals surface area contributed by atoms with Crippen LogP contribution in [0.4, 0.5) is 0 Å². The van der Waals surface area contributed by atoms with Crippen molar-refractivity contribution in [2.75, 3.05) is 19.1 Å². The zero-order chi connectivity index (χ0) is 12.7. The average molecular weight is 275 g/mol. The molecule has 0 aromatic rings. The van der Waals surface area contributed by atoms with Crippen LogP contribution >= 0.6 is 11.6 Å². The molecular formula is C12H24BClO2Si. The minimum atomic E-state index is -1.13.